The predicted molar refractivity (Wildman–Crippen MR) is 108 cm³/mol. The summed E-state index contributed by atoms with van der Waals surface area (Å²) in [4.78, 5) is 2.32. The molecule has 5 nitrogen and oxygen atoms in total. The highest BCUT2D eigenvalue weighted by molar-refractivity contribution is 7.80. The summed E-state index contributed by atoms with van der Waals surface area (Å²) in [7, 11) is 0. The van der Waals surface area contributed by atoms with Crippen LogP contribution in [0.5, 0.6) is 0 Å². The van der Waals surface area contributed by atoms with Crippen LogP contribution < -0.4 is 15.6 Å². The average molecular weight is 354 g/mol. The zero-order chi connectivity index (χ0) is 17.5. The highest BCUT2D eigenvalue weighted by atomic mass is 32.1. The van der Waals surface area contributed by atoms with Crippen molar-refractivity contribution in [3.05, 3.63) is 59.7 Å². The van der Waals surface area contributed by atoms with E-state index in [1.165, 1.54) is 11.3 Å². The predicted octanol–water partition coefficient (Wildman–Crippen LogP) is 3.15. The molecule has 2 aromatic carbocycles. The number of ether oxygens (including phenoxy) is 1. The summed E-state index contributed by atoms with van der Waals surface area (Å²) in [5.74, 6) is 0. The quantitative estimate of drug-likeness (QED) is 0.502. The third kappa shape index (κ3) is 5.27. The van der Waals surface area contributed by atoms with Gasteiger partial charge in [0, 0.05) is 24.5 Å². The Morgan fingerprint density at radius 2 is 1.76 bits per heavy atom. The maximum absolute atomic E-state index is 5.38. The summed E-state index contributed by atoms with van der Waals surface area (Å²) in [6, 6.07) is 16.3. The van der Waals surface area contributed by atoms with Crippen LogP contribution in [-0.4, -0.2) is 37.6 Å². The standard InChI is InChI=1S/C19H22N4OS/c1-15-2-6-17(7-3-15)21-19(25)22-20-14-16-4-8-18(9-5-16)23-10-12-24-13-11-23/h2-9,14H,10-13H2,1H3,(H2,21,22,25)/b20-14-. The first-order chi connectivity index (χ1) is 12.2. The summed E-state index contributed by atoms with van der Waals surface area (Å²) in [6.45, 7) is 5.51. The van der Waals surface area contributed by atoms with Gasteiger partial charge in [-0.1, -0.05) is 29.8 Å². The van der Waals surface area contributed by atoms with E-state index >= 15 is 0 Å². The Bertz CT molecular complexity index is 722. The molecular formula is C19H22N4OS. The van der Waals surface area contributed by atoms with Crippen LogP contribution in [0.25, 0.3) is 0 Å². The minimum atomic E-state index is 0.463. The van der Waals surface area contributed by atoms with Crippen molar-refractivity contribution < 1.29 is 4.74 Å². The number of benzene rings is 2. The third-order valence-corrected chi connectivity index (χ3v) is 4.15. The molecule has 25 heavy (non-hydrogen) atoms. The molecule has 2 N–H and O–H groups in total. The molecule has 1 fully saturated rings. The minimum absolute atomic E-state index is 0.463. The second kappa shape index (κ2) is 8.60. The van der Waals surface area contributed by atoms with Gasteiger partial charge in [-0.05, 0) is 49.0 Å². The monoisotopic (exact) mass is 354 g/mol. The highest BCUT2D eigenvalue weighted by Crippen LogP contribution is 2.16. The van der Waals surface area contributed by atoms with E-state index < -0.39 is 0 Å². The number of nitrogens with zero attached hydrogens (tertiary/aromatic N) is 2. The number of hydrogen-bond acceptors (Lipinski definition) is 4. The fourth-order valence-corrected chi connectivity index (χ4v) is 2.72. The zero-order valence-electron chi connectivity index (χ0n) is 14.2. The Kier molecular flexibility index (Phi) is 5.98. The molecule has 0 radical (unpaired) electrons. The molecule has 0 unspecified atom stereocenters. The van der Waals surface area contributed by atoms with Crippen molar-refractivity contribution in [1.82, 2.24) is 5.43 Å². The molecule has 3 rings (SSSR count). The molecule has 1 aliphatic heterocycles. The van der Waals surface area contributed by atoms with Crippen LogP contribution in [0, 0.1) is 6.92 Å². The van der Waals surface area contributed by atoms with Crippen LogP contribution in [0.1, 0.15) is 11.1 Å². The van der Waals surface area contributed by atoms with E-state index in [2.05, 4.69) is 39.8 Å². The van der Waals surface area contributed by atoms with Gasteiger partial charge in [0.2, 0.25) is 0 Å². The van der Waals surface area contributed by atoms with Gasteiger partial charge in [-0.25, -0.2) is 0 Å². The first-order valence-electron chi connectivity index (χ1n) is 8.30. The Morgan fingerprint density at radius 1 is 1.08 bits per heavy atom. The van der Waals surface area contributed by atoms with Crippen LogP contribution in [0.2, 0.25) is 0 Å². The lowest BCUT2D eigenvalue weighted by Crippen LogP contribution is -2.36. The van der Waals surface area contributed by atoms with Crippen LogP contribution >= 0.6 is 12.2 Å². The maximum atomic E-state index is 5.38. The number of nitrogens with one attached hydrogen (secondary N) is 2. The molecule has 1 saturated heterocycles. The molecule has 130 valence electrons. The van der Waals surface area contributed by atoms with E-state index in [0.29, 0.717) is 5.11 Å². The van der Waals surface area contributed by atoms with Crippen molar-refractivity contribution in [1.29, 1.82) is 0 Å². The van der Waals surface area contributed by atoms with Crippen molar-refractivity contribution >= 4 is 34.9 Å². The Balaban J connectivity index is 1.49. The van der Waals surface area contributed by atoms with Crippen molar-refractivity contribution in [3.8, 4) is 0 Å². The summed E-state index contributed by atoms with van der Waals surface area (Å²) >= 11 is 5.24. The molecule has 1 heterocycles. The van der Waals surface area contributed by atoms with Crippen molar-refractivity contribution in [2.45, 2.75) is 6.92 Å². The molecule has 0 aliphatic carbocycles. The summed E-state index contributed by atoms with van der Waals surface area (Å²) in [5, 5.41) is 7.74. The number of morpholine rings is 1. The summed E-state index contributed by atoms with van der Waals surface area (Å²) in [6.07, 6.45) is 1.76. The number of aryl methyl sites for hydroxylation is 1. The molecule has 2 aromatic rings. The average Bonchev–Trinajstić information content (AvgIpc) is 2.65. The fourth-order valence-electron chi connectivity index (χ4n) is 2.55. The van der Waals surface area contributed by atoms with Crippen LogP contribution in [0.3, 0.4) is 0 Å². The van der Waals surface area contributed by atoms with E-state index in [4.69, 9.17) is 17.0 Å². The Labute approximate surface area is 153 Å². The Morgan fingerprint density at radius 3 is 2.44 bits per heavy atom. The van der Waals surface area contributed by atoms with Crippen molar-refractivity contribution in [3.63, 3.8) is 0 Å². The minimum Gasteiger partial charge on any atom is -0.378 e. The lowest BCUT2D eigenvalue weighted by molar-refractivity contribution is 0.122. The lowest BCUT2D eigenvalue weighted by Gasteiger charge is -2.28. The summed E-state index contributed by atoms with van der Waals surface area (Å²) < 4.78 is 5.38. The number of thiocarbonyl (C=S) groups is 1. The molecule has 0 spiro atoms. The van der Waals surface area contributed by atoms with E-state index in [0.717, 1.165) is 37.6 Å². The molecule has 0 aromatic heterocycles. The van der Waals surface area contributed by atoms with Gasteiger partial charge in [-0.2, -0.15) is 5.10 Å². The second-order valence-corrected chi connectivity index (χ2v) is 6.29. The second-order valence-electron chi connectivity index (χ2n) is 5.88. The van der Waals surface area contributed by atoms with E-state index in [1.807, 2.05) is 36.4 Å². The number of anilines is 2. The first kappa shape index (κ1) is 17.4. The normalized spacial score (nSPS) is 14.5. The van der Waals surface area contributed by atoms with E-state index in [-0.39, 0.29) is 0 Å². The van der Waals surface area contributed by atoms with E-state index in [9.17, 15) is 0 Å². The number of hydrazone groups is 1. The smallest absolute Gasteiger partial charge is 0.191 e. The zero-order valence-corrected chi connectivity index (χ0v) is 15.1. The third-order valence-electron chi connectivity index (χ3n) is 3.96. The van der Waals surface area contributed by atoms with Gasteiger partial charge < -0.3 is 15.0 Å². The number of hydrogen-bond donors (Lipinski definition) is 2. The lowest BCUT2D eigenvalue weighted by atomic mass is 10.2. The Hall–Kier alpha value is -2.44. The highest BCUT2D eigenvalue weighted by Gasteiger charge is 2.10. The van der Waals surface area contributed by atoms with Crippen LogP contribution in [0.4, 0.5) is 11.4 Å². The van der Waals surface area contributed by atoms with Gasteiger partial charge in [-0.15, -0.1) is 0 Å². The fraction of sp³-hybridized carbons (Fsp3) is 0.263. The van der Waals surface area contributed by atoms with Gasteiger partial charge in [-0.3, -0.25) is 5.43 Å². The van der Waals surface area contributed by atoms with Gasteiger partial charge >= 0.3 is 0 Å². The van der Waals surface area contributed by atoms with Crippen molar-refractivity contribution in [2.24, 2.45) is 5.10 Å². The maximum Gasteiger partial charge on any atom is 0.191 e. The van der Waals surface area contributed by atoms with E-state index in [1.54, 1.807) is 6.21 Å². The molecule has 6 heteroatoms. The SMILES string of the molecule is Cc1ccc(NC(=S)N/N=C\c2ccc(N3CCOCC3)cc2)cc1. The summed E-state index contributed by atoms with van der Waals surface area (Å²) in [5.41, 5.74) is 7.21. The molecular weight excluding hydrogens is 332 g/mol. The first-order valence-corrected chi connectivity index (χ1v) is 8.71. The topological polar surface area (TPSA) is 48.9 Å². The van der Waals surface area contributed by atoms with Gasteiger partial charge in [0.25, 0.3) is 0 Å². The largest absolute Gasteiger partial charge is 0.378 e. The van der Waals surface area contributed by atoms with Gasteiger partial charge in [0.05, 0.1) is 19.4 Å². The van der Waals surface area contributed by atoms with Crippen molar-refractivity contribution in [2.75, 3.05) is 36.5 Å². The number of rotatable bonds is 4. The molecule has 0 saturated carbocycles. The van der Waals surface area contributed by atoms with Gasteiger partial charge in [0.15, 0.2) is 5.11 Å². The molecule has 0 bridgehead atoms. The van der Waals surface area contributed by atoms with Crippen LogP contribution in [0.15, 0.2) is 53.6 Å². The molecule has 0 amide bonds. The van der Waals surface area contributed by atoms with Gasteiger partial charge in [0.1, 0.15) is 0 Å². The molecule has 1 aliphatic rings. The van der Waals surface area contributed by atoms with Crippen LogP contribution in [-0.2, 0) is 4.74 Å². The molecule has 0 atom stereocenters.